The fraction of sp³-hybridized carbons (Fsp3) is 0.586. The van der Waals surface area contributed by atoms with Crippen molar-refractivity contribution >= 4 is 0 Å². The van der Waals surface area contributed by atoms with Gasteiger partial charge >= 0.3 is 0 Å². The van der Waals surface area contributed by atoms with E-state index in [1.807, 2.05) is 12.1 Å². The van der Waals surface area contributed by atoms with Gasteiger partial charge in [-0.2, -0.15) is 4.39 Å². The molecule has 2 aliphatic carbocycles. The molecule has 184 valence electrons. The monoisotopic (exact) mass is 472 g/mol. The van der Waals surface area contributed by atoms with Gasteiger partial charge in [-0.15, -0.1) is 0 Å². The summed E-state index contributed by atoms with van der Waals surface area (Å²) in [6, 6.07) is 8.81. The molecule has 5 rings (SSSR count). The predicted octanol–water partition coefficient (Wildman–Crippen LogP) is 8.21. The Balaban J connectivity index is 1.14. The molecule has 0 N–H and O–H groups in total. The highest BCUT2D eigenvalue weighted by Crippen LogP contribution is 2.41. The first-order valence-electron chi connectivity index (χ1n) is 13.0. The molecule has 0 aromatic heterocycles. The normalized spacial score (nSPS) is 29.1. The van der Waals surface area contributed by atoms with Gasteiger partial charge in [0.2, 0.25) is 5.82 Å². The molecule has 2 aromatic rings. The number of ether oxygens (including phenoxy) is 2. The van der Waals surface area contributed by atoms with Gasteiger partial charge in [-0.25, -0.2) is 8.78 Å². The third-order valence-corrected chi connectivity index (χ3v) is 8.43. The Morgan fingerprint density at radius 2 is 1.41 bits per heavy atom. The summed E-state index contributed by atoms with van der Waals surface area (Å²) in [5.41, 5.74) is 2.19. The van der Waals surface area contributed by atoms with Gasteiger partial charge in [0.15, 0.2) is 11.6 Å². The van der Waals surface area contributed by atoms with Gasteiger partial charge in [0.1, 0.15) is 11.9 Å². The number of hydrogen-bond acceptors (Lipinski definition) is 2. The number of rotatable bonds is 7. The second-order valence-electron chi connectivity index (χ2n) is 10.5. The van der Waals surface area contributed by atoms with Crippen molar-refractivity contribution in [3.8, 4) is 5.75 Å². The highest BCUT2D eigenvalue weighted by molar-refractivity contribution is 5.33. The van der Waals surface area contributed by atoms with E-state index in [-0.39, 0.29) is 35.4 Å². The minimum absolute atomic E-state index is 0.00884. The second-order valence-corrected chi connectivity index (χ2v) is 10.5. The Hall–Kier alpha value is -2.01. The summed E-state index contributed by atoms with van der Waals surface area (Å²) >= 11 is 0. The summed E-state index contributed by atoms with van der Waals surface area (Å²) < 4.78 is 55.2. The first-order chi connectivity index (χ1) is 16.5. The van der Waals surface area contributed by atoms with Gasteiger partial charge < -0.3 is 9.47 Å². The summed E-state index contributed by atoms with van der Waals surface area (Å²) in [4.78, 5) is 0. The Bertz CT molecular complexity index is 987. The molecule has 0 bridgehead atoms. The quantitative estimate of drug-likeness (QED) is 0.379. The van der Waals surface area contributed by atoms with Crippen molar-refractivity contribution in [3.05, 3.63) is 64.5 Å². The van der Waals surface area contributed by atoms with Crippen LogP contribution in [0.5, 0.6) is 5.75 Å². The lowest BCUT2D eigenvalue weighted by Gasteiger charge is -2.29. The Labute approximate surface area is 200 Å². The van der Waals surface area contributed by atoms with E-state index in [4.69, 9.17) is 9.47 Å². The lowest BCUT2D eigenvalue weighted by Crippen LogP contribution is -2.20. The summed E-state index contributed by atoms with van der Waals surface area (Å²) in [6.45, 7) is 3.24. The first kappa shape index (κ1) is 23.7. The zero-order valence-electron chi connectivity index (χ0n) is 20.0. The average Bonchev–Trinajstić information content (AvgIpc) is 3.71. The van der Waals surface area contributed by atoms with E-state index in [1.54, 1.807) is 18.2 Å². The van der Waals surface area contributed by atoms with Crippen molar-refractivity contribution in [1.82, 2.24) is 0 Å². The molecule has 1 unspecified atom stereocenters. The molecule has 0 spiro atoms. The van der Waals surface area contributed by atoms with Crippen LogP contribution in [0.15, 0.2) is 30.3 Å². The highest BCUT2D eigenvalue weighted by atomic mass is 19.2. The topological polar surface area (TPSA) is 21.8 Å². The molecule has 2 aromatic carbocycles. The molecule has 1 saturated heterocycles. The lowest BCUT2D eigenvalue weighted by atomic mass is 9.77. The smallest absolute Gasteiger partial charge is 0.200 e. The van der Waals surface area contributed by atoms with Crippen LogP contribution in [0.25, 0.3) is 0 Å². The van der Waals surface area contributed by atoms with Crippen LogP contribution in [0, 0.1) is 29.3 Å². The third kappa shape index (κ3) is 5.15. The first-order valence-corrected chi connectivity index (χ1v) is 13.0. The van der Waals surface area contributed by atoms with Crippen molar-refractivity contribution in [2.45, 2.75) is 82.7 Å². The summed E-state index contributed by atoms with van der Waals surface area (Å²) in [5.74, 6) is -0.445. The largest absolute Gasteiger partial charge is 0.490 e. The average molecular weight is 473 g/mol. The van der Waals surface area contributed by atoms with Crippen LogP contribution in [0.3, 0.4) is 0 Å². The molecule has 1 atom stereocenters. The highest BCUT2D eigenvalue weighted by Gasteiger charge is 2.29. The maximum Gasteiger partial charge on any atom is 0.200 e. The van der Waals surface area contributed by atoms with Crippen LogP contribution < -0.4 is 4.74 Å². The summed E-state index contributed by atoms with van der Waals surface area (Å²) in [5, 5.41) is 0. The predicted molar refractivity (Wildman–Crippen MR) is 127 cm³/mol. The van der Waals surface area contributed by atoms with Gasteiger partial charge in [0.05, 0.1) is 13.2 Å². The van der Waals surface area contributed by atoms with Gasteiger partial charge in [-0.1, -0.05) is 31.5 Å². The number of epoxide rings is 1. The third-order valence-electron chi connectivity index (χ3n) is 8.43. The Morgan fingerprint density at radius 3 is 2.03 bits per heavy atom. The van der Waals surface area contributed by atoms with E-state index < -0.39 is 11.6 Å². The minimum atomic E-state index is -0.856. The number of hydrogen-bond donors (Lipinski definition) is 0. The van der Waals surface area contributed by atoms with Crippen molar-refractivity contribution in [2.24, 2.45) is 11.8 Å². The van der Waals surface area contributed by atoms with E-state index in [0.29, 0.717) is 18.8 Å². The maximum absolute atomic E-state index is 14.9. The van der Waals surface area contributed by atoms with Crippen molar-refractivity contribution in [3.63, 3.8) is 0 Å². The molecule has 1 aliphatic heterocycles. The van der Waals surface area contributed by atoms with Crippen LogP contribution in [0.4, 0.5) is 13.2 Å². The fourth-order valence-electron chi connectivity index (χ4n) is 6.02. The van der Waals surface area contributed by atoms with Crippen molar-refractivity contribution in [1.29, 1.82) is 0 Å². The van der Waals surface area contributed by atoms with E-state index in [1.165, 1.54) is 0 Å². The van der Waals surface area contributed by atoms with Crippen LogP contribution in [-0.2, 0) is 4.74 Å². The van der Waals surface area contributed by atoms with Crippen LogP contribution in [-0.4, -0.2) is 13.2 Å². The van der Waals surface area contributed by atoms with E-state index in [9.17, 15) is 13.2 Å². The zero-order valence-corrected chi connectivity index (χ0v) is 20.0. The van der Waals surface area contributed by atoms with E-state index in [2.05, 4.69) is 6.92 Å². The van der Waals surface area contributed by atoms with Crippen LogP contribution >= 0.6 is 0 Å². The molecule has 2 nitrogen and oxygen atoms in total. The van der Waals surface area contributed by atoms with E-state index >= 15 is 0 Å². The lowest BCUT2D eigenvalue weighted by molar-refractivity contribution is 0.191. The standard InChI is InChI=1S/C29H35F3O2/c1-2-18-3-7-21(8-4-18)24-13-14-26(29(32)28(24)31)33-16-19-5-9-20(10-6-19)23-12-11-22(15-25(23)30)27-17-34-27/h11-15,18-21,27H,2-10,16-17H2,1H3. The molecule has 2 saturated carbocycles. The minimum Gasteiger partial charge on any atom is -0.490 e. The van der Waals surface area contributed by atoms with Gasteiger partial charge in [0.25, 0.3) is 0 Å². The second kappa shape index (κ2) is 10.3. The number of benzene rings is 2. The van der Waals surface area contributed by atoms with Crippen molar-refractivity contribution < 1.29 is 22.6 Å². The fourth-order valence-corrected chi connectivity index (χ4v) is 6.02. The molecule has 3 aliphatic rings. The molecule has 5 heteroatoms. The van der Waals surface area contributed by atoms with E-state index in [0.717, 1.165) is 74.8 Å². The van der Waals surface area contributed by atoms with Gasteiger partial charge in [-0.05, 0) is 104 Å². The maximum atomic E-state index is 14.9. The molecule has 3 fully saturated rings. The van der Waals surface area contributed by atoms with Crippen LogP contribution in [0.2, 0.25) is 0 Å². The zero-order chi connectivity index (χ0) is 23.7. The van der Waals surface area contributed by atoms with Gasteiger partial charge in [-0.3, -0.25) is 0 Å². The molecular formula is C29H35F3O2. The SMILES string of the molecule is CCC1CCC(c2ccc(OCC3CCC(c4ccc(C5CO5)cc4F)CC3)c(F)c2F)CC1. The van der Waals surface area contributed by atoms with Crippen LogP contribution in [0.1, 0.15) is 99.3 Å². The molecular weight excluding hydrogens is 437 g/mol. The Kier molecular flexibility index (Phi) is 7.19. The summed E-state index contributed by atoms with van der Waals surface area (Å²) in [6.07, 6.45) is 8.79. The Morgan fingerprint density at radius 1 is 0.794 bits per heavy atom. The van der Waals surface area contributed by atoms with Gasteiger partial charge in [0, 0.05) is 0 Å². The molecule has 1 heterocycles. The number of halogens is 3. The summed E-state index contributed by atoms with van der Waals surface area (Å²) in [7, 11) is 0. The molecule has 34 heavy (non-hydrogen) atoms. The molecule has 0 amide bonds. The van der Waals surface area contributed by atoms with Crippen molar-refractivity contribution in [2.75, 3.05) is 13.2 Å². The molecule has 0 radical (unpaired) electrons.